The highest BCUT2D eigenvalue weighted by molar-refractivity contribution is 5.79. The number of carbonyl (C=O) groups excluding carboxylic acids is 1. The first-order valence-corrected chi connectivity index (χ1v) is 9.20. The number of amides is 1. The molecule has 3 aliphatic rings. The summed E-state index contributed by atoms with van der Waals surface area (Å²) in [6.45, 7) is 2.82. The Kier molecular flexibility index (Phi) is 4.79. The Morgan fingerprint density at radius 1 is 1.05 bits per heavy atom. The number of nitrogens with zero attached hydrogens (tertiary/aromatic N) is 1. The Labute approximate surface area is 133 Å². The summed E-state index contributed by atoms with van der Waals surface area (Å²) < 4.78 is 0. The van der Waals surface area contributed by atoms with Crippen molar-refractivity contribution in [3.8, 4) is 0 Å². The zero-order chi connectivity index (χ0) is 15.7. The molecule has 3 fully saturated rings. The predicted molar refractivity (Wildman–Crippen MR) is 85.3 cm³/mol. The molecule has 1 saturated heterocycles. The van der Waals surface area contributed by atoms with Gasteiger partial charge in [-0.25, -0.2) is 0 Å². The summed E-state index contributed by atoms with van der Waals surface area (Å²) in [5.74, 6) is 0.621. The molecule has 22 heavy (non-hydrogen) atoms. The van der Waals surface area contributed by atoms with Gasteiger partial charge < -0.3 is 15.1 Å². The van der Waals surface area contributed by atoms with Crippen molar-refractivity contribution in [3.05, 3.63) is 0 Å². The fourth-order valence-electron chi connectivity index (χ4n) is 4.99. The first kappa shape index (κ1) is 16.3. The van der Waals surface area contributed by atoms with Crippen LogP contribution in [-0.2, 0) is 4.79 Å². The van der Waals surface area contributed by atoms with Crippen LogP contribution in [0.3, 0.4) is 0 Å². The zero-order valence-electron chi connectivity index (χ0n) is 13.8. The Hall–Kier alpha value is -0.610. The number of hydrogen-bond acceptors (Lipinski definition) is 3. The van der Waals surface area contributed by atoms with E-state index >= 15 is 0 Å². The summed E-state index contributed by atoms with van der Waals surface area (Å²) in [5, 5.41) is 20.4. The Bertz CT molecular complexity index is 401. The van der Waals surface area contributed by atoms with Gasteiger partial charge in [0.2, 0.25) is 5.91 Å². The minimum Gasteiger partial charge on any atom is -0.393 e. The maximum Gasteiger partial charge on any atom is 0.225 e. The van der Waals surface area contributed by atoms with Gasteiger partial charge in [-0.15, -0.1) is 0 Å². The minimum atomic E-state index is -0.617. The highest BCUT2D eigenvalue weighted by Crippen LogP contribution is 2.41. The van der Waals surface area contributed by atoms with Crippen LogP contribution in [0.4, 0.5) is 0 Å². The molecule has 0 unspecified atom stereocenters. The zero-order valence-corrected chi connectivity index (χ0v) is 13.8. The molecule has 4 nitrogen and oxygen atoms in total. The van der Waals surface area contributed by atoms with Crippen molar-refractivity contribution in [2.75, 3.05) is 6.54 Å². The molecule has 1 heterocycles. The first-order valence-electron chi connectivity index (χ1n) is 9.20. The van der Waals surface area contributed by atoms with Crippen LogP contribution < -0.4 is 0 Å². The maximum absolute atomic E-state index is 12.9. The Balaban J connectivity index is 1.68. The molecular formula is C18H31NO3. The molecule has 1 aliphatic heterocycles. The molecule has 2 aliphatic carbocycles. The number of hydrogen-bond donors (Lipinski definition) is 2. The summed E-state index contributed by atoms with van der Waals surface area (Å²) in [4.78, 5) is 15.0. The molecule has 4 heteroatoms. The molecule has 126 valence electrons. The van der Waals surface area contributed by atoms with E-state index in [1.807, 2.05) is 6.92 Å². The van der Waals surface area contributed by atoms with E-state index in [1.165, 1.54) is 6.42 Å². The Morgan fingerprint density at radius 2 is 1.77 bits per heavy atom. The molecule has 0 radical (unpaired) electrons. The fourth-order valence-corrected chi connectivity index (χ4v) is 4.99. The van der Waals surface area contributed by atoms with Crippen molar-refractivity contribution in [1.29, 1.82) is 0 Å². The lowest BCUT2D eigenvalue weighted by atomic mass is 9.72. The maximum atomic E-state index is 12.9. The van der Waals surface area contributed by atoms with Gasteiger partial charge in [-0.3, -0.25) is 4.79 Å². The average Bonchev–Trinajstić information content (AvgIpc) is 2.96. The summed E-state index contributed by atoms with van der Waals surface area (Å²) in [6, 6.07) is 0.231. The normalized spacial score (nSPS) is 43.3. The van der Waals surface area contributed by atoms with E-state index in [0.717, 1.165) is 64.3 Å². The van der Waals surface area contributed by atoms with Gasteiger partial charge in [-0.1, -0.05) is 12.8 Å². The third-order valence-corrected chi connectivity index (χ3v) is 6.34. The van der Waals surface area contributed by atoms with Gasteiger partial charge in [0.1, 0.15) is 0 Å². The van der Waals surface area contributed by atoms with Crippen LogP contribution in [0.25, 0.3) is 0 Å². The first-order chi connectivity index (χ1) is 10.5. The van der Waals surface area contributed by atoms with E-state index in [2.05, 4.69) is 4.90 Å². The van der Waals surface area contributed by atoms with Gasteiger partial charge in [-0.2, -0.15) is 0 Å². The van der Waals surface area contributed by atoms with Gasteiger partial charge in [0.05, 0.1) is 11.7 Å². The molecular weight excluding hydrogens is 278 g/mol. The quantitative estimate of drug-likeness (QED) is 0.824. The SMILES string of the molecule is C[C@]1(O)CCCC[C@H]1[C@H]1CCCN1C(=O)C1CCC(O)CC1. The lowest BCUT2D eigenvalue weighted by molar-refractivity contribution is -0.142. The molecule has 3 rings (SSSR count). The second-order valence-corrected chi connectivity index (χ2v) is 7.96. The number of carbonyl (C=O) groups is 1. The van der Waals surface area contributed by atoms with Crippen LogP contribution in [0.1, 0.15) is 71.1 Å². The fraction of sp³-hybridized carbons (Fsp3) is 0.944. The number of likely N-dealkylation sites (tertiary alicyclic amines) is 1. The molecule has 2 N–H and O–H groups in total. The van der Waals surface area contributed by atoms with Crippen LogP contribution in [0, 0.1) is 11.8 Å². The topological polar surface area (TPSA) is 60.8 Å². The van der Waals surface area contributed by atoms with Crippen LogP contribution in [-0.4, -0.2) is 45.3 Å². The van der Waals surface area contributed by atoms with Crippen molar-refractivity contribution in [1.82, 2.24) is 4.90 Å². The van der Waals surface area contributed by atoms with Gasteiger partial charge in [0.25, 0.3) is 0 Å². The van der Waals surface area contributed by atoms with E-state index in [1.54, 1.807) is 0 Å². The summed E-state index contributed by atoms with van der Waals surface area (Å²) in [5.41, 5.74) is -0.617. The highest BCUT2D eigenvalue weighted by Gasteiger charge is 2.45. The number of aliphatic hydroxyl groups is 2. The van der Waals surface area contributed by atoms with Crippen LogP contribution >= 0.6 is 0 Å². The van der Waals surface area contributed by atoms with Crippen molar-refractivity contribution in [3.63, 3.8) is 0 Å². The van der Waals surface area contributed by atoms with Gasteiger partial charge >= 0.3 is 0 Å². The molecule has 1 amide bonds. The largest absolute Gasteiger partial charge is 0.393 e. The summed E-state index contributed by atoms with van der Waals surface area (Å²) in [6.07, 6.45) is 9.26. The molecule has 0 bridgehead atoms. The predicted octanol–water partition coefficient (Wildman–Crippen LogP) is 2.47. The monoisotopic (exact) mass is 309 g/mol. The van der Waals surface area contributed by atoms with Crippen LogP contribution in [0.5, 0.6) is 0 Å². The molecule has 0 aromatic carbocycles. The van der Waals surface area contributed by atoms with Crippen LogP contribution in [0.15, 0.2) is 0 Å². The van der Waals surface area contributed by atoms with E-state index in [9.17, 15) is 15.0 Å². The Morgan fingerprint density at radius 3 is 2.45 bits per heavy atom. The summed E-state index contributed by atoms with van der Waals surface area (Å²) >= 11 is 0. The third-order valence-electron chi connectivity index (χ3n) is 6.34. The lowest BCUT2D eigenvalue weighted by Gasteiger charge is -2.44. The lowest BCUT2D eigenvalue weighted by Crippen LogP contribution is -2.51. The average molecular weight is 309 g/mol. The second kappa shape index (κ2) is 6.48. The standard InChI is InChI=1S/C18H31NO3/c1-18(22)11-3-2-5-15(18)16-6-4-12-19(16)17(21)13-7-9-14(20)10-8-13/h13-16,20,22H,2-12H2,1H3/t13?,14?,15-,16+,18-/m0/s1. The van der Waals surface area contributed by atoms with Crippen molar-refractivity contribution in [2.24, 2.45) is 11.8 Å². The number of aliphatic hydroxyl groups excluding tert-OH is 1. The summed E-state index contributed by atoms with van der Waals surface area (Å²) in [7, 11) is 0. The van der Waals surface area contributed by atoms with Crippen LogP contribution in [0.2, 0.25) is 0 Å². The molecule has 3 atom stereocenters. The minimum absolute atomic E-state index is 0.0949. The molecule has 0 aromatic rings. The number of rotatable bonds is 2. The van der Waals surface area contributed by atoms with Crippen molar-refractivity contribution >= 4 is 5.91 Å². The van der Waals surface area contributed by atoms with Crippen molar-refractivity contribution < 1.29 is 15.0 Å². The molecule has 0 spiro atoms. The van der Waals surface area contributed by atoms with Crippen molar-refractivity contribution in [2.45, 2.75) is 88.9 Å². The third kappa shape index (κ3) is 3.18. The second-order valence-electron chi connectivity index (χ2n) is 7.96. The van der Waals surface area contributed by atoms with Gasteiger partial charge in [-0.05, 0) is 58.3 Å². The van der Waals surface area contributed by atoms with Gasteiger partial charge in [0.15, 0.2) is 0 Å². The highest BCUT2D eigenvalue weighted by atomic mass is 16.3. The van der Waals surface area contributed by atoms with E-state index in [-0.39, 0.29) is 29.9 Å². The molecule has 0 aromatic heterocycles. The molecule has 2 saturated carbocycles. The van der Waals surface area contributed by atoms with E-state index < -0.39 is 5.60 Å². The van der Waals surface area contributed by atoms with Gasteiger partial charge in [0, 0.05) is 24.4 Å². The van der Waals surface area contributed by atoms with E-state index in [0.29, 0.717) is 0 Å². The van der Waals surface area contributed by atoms with E-state index in [4.69, 9.17) is 0 Å². The smallest absolute Gasteiger partial charge is 0.225 e.